The van der Waals surface area contributed by atoms with Crippen LogP contribution in [0.1, 0.15) is 21.5 Å². The van der Waals surface area contributed by atoms with E-state index in [0.29, 0.717) is 11.1 Å². The molecule has 0 aliphatic heterocycles. The van der Waals surface area contributed by atoms with E-state index in [1.807, 2.05) is 0 Å². The van der Waals surface area contributed by atoms with Crippen LogP contribution in [0.2, 0.25) is 0 Å². The van der Waals surface area contributed by atoms with Gasteiger partial charge in [0.05, 0.1) is 5.56 Å². The van der Waals surface area contributed by atoms with Crippen LogP contribution in [0.5, 0.6) is 0 Å². The fraction of sp³-hybridized carbons (Fsp3) is 0.0909. The molecule has 0 amide bonds. The summed E-state index contributed by atoms with van der Waals surface area (Å²) in [6, 6.07) is 4.82. The van der Waals surface area contributed by atoms with E-state index in [1.165, 1.54) is 12.1 Å². The second-order valence-corrected chi connectivity index (χ2v) is 3.33. The van der Waals surface area contributed by atoms with Crippen molar-refractivity contribution in [2.45, 2.75) is 6.42 Å². The Morgan fingerprint density at radius 1 is 1.13 bits per heavy atom. The summed E-state index contributed by atoms with van der Waals surface area (Å²) in [7, 11) is 0. The molecule has 15 heavy (non-hydrogen) atoms. The van der Waals surface area contributed by atoms with Crippen molar-refractivity contribution in [1.29, 1.82) is 0 Å². The minimum atomic E-state index is -1.02. The molecule has 76 valence electrons. The van der Waals surface area contributed by atoms with Gasteiger partial charge in [0.25, 0.3) is 0 Å². The topological polar surface area (TPSA) is 74.6 Å². The molecule has 2 N–H and O–H groups in total. The largest absolute Gasteiger partial charge is 0.478 e. The van der Waals surface area contributed by atoms with Crippen LogP contribution in [0.15, 0.2) is 23.8 Å². The van der Waals surface area contributed by atoms with E-state index in [9.17, 15) is 9.59 Å². The summed E-state index contributed by atoms with van der Waals surface area (Å²) < 4.78 is 0. The summed E-state index contributed by atoms with van der Waals surface area (Å²) in [6.45, 7) is 0. The van der Waals surface area contributed by atoms with Crippen LogP contribution in [-0.2, 0) is 11.2 Å². The Morgan fingerprint density at radius 3 is 2.47 bits per heavy atom. The molecule has 1 aromatic rings. The lowest BCUT2D eigenvalue weighted by Crippen LogP contribution is -2.04. The SMILES string of the molecule is O=C(O)C1=Cc2cccc(C(=O)O)c2C1. The second-order valence-electron chi connectivity index (χ2n) is 3.33. The molecule has 0 heterocycles. The van der Waals surface area contributed by atoms with Crippen LogP contribution in [0, 0.1) is 0 Å². The van der Waals surface area contributed by atoms with Gasteiger partial charge in [-0.15, -0.1) is 0 Å². The number of carboxylic acids is 2. The van der Waals surface area contributed by atoms with Gasteiger partial charge in [0.1, 0.15) is 0 Å². The van der Waals surface area contributed by atoms with E-state index >= 15 is 0 Å². The van der Waals surface area contributed by atoms with E-state index < -0.39 is 11.9 Å². The fourth-order valence-electron chi connectivity index (χ4n) is 1.70. The van der Waals surface area contributed by atoms with Crippen molar-refractivity contribution in [3.63, 3.8) is 0 Å². The van der Waals surface area contributed by atoms with E-state index in [2.05, 4.69) is 0 Å². The molecular weight excluding hydrogens is 196 g/mol. The number of rotatable bonds is 2. The van der Waals surface area contributed by atoms with E-state index in [4.69, 9.17) is 10.2 Å². The van der Waals surface area contributed by atoms with E-state index in [0.717, 1.165) is 0 Å². The highest BCUT2D eigenvalue weighted by Gasteiger charge is 2.22. The zero-order valence-corrected chi connectivity index (χ0v) is 7.73. The Balaban J connectivity index is 2.49. The third-order valence-corrected chi connectivity index (χ3v) is 2.41. The molecule has 0 spiro atoms. The summed E-state index contributed by atoms with van der Waals surface area (Å²) in [6.07, 6.45) is 1.71. The molecule has 4 nitrogen and oxygen atoms in total. The number of carbonyl (C=O) groups is 2. The lowest BCUT2D eigenvalue weighted by atomic mass is 10.0. The predicted octanol–water partition coefficient (Wildman–Crippen LogP) is 1.41. The van der Waals surface area contributed by atoms with Crippen LogP contribution < -0.4 is 0 Å². The number of aliphatic carboxylic acids is 1. The Morgan fingerprint density at radius 2 is 1.87 bits per heavy atom. The molecule has 0 bridgehead atoms. The molecule has 0 atom stereocenters. The van der Waals surface area contributed by atoms with Crippen molar-refractivity contribution in [3.05, 3.63) is 40.5 Å². The number of carboxylic acid groups (broad SMARTS) is 2. The van der Waals surface area contributed by atoms with Crippen LogP contribution in [-0.4, -0.2) is 22.2 Å². The minimum absolute atomic E-state index is 0.181. The van der Waals surface area contributed by atoms with Gasteiger partial charge in [0.2, 0.25) is 0 Å². The van der Waals surface area contributed by atoms with Gasteiger partial charge >= 0.3 is 11.9 Å². The van der Waals surface area contributed by atoms with Crippen molar-refractivity contribution < 1.29 is 19.8 Å². The van der Waals surface area contributed by atoms with Gasteiger partial charge in [0.15, 0.2) is 0 Å². The molecule has 0 radical (unpaired) electrons. The summed E-state index contributed by atoms with van der Waals surface area (Å²) in [4.78, 5) is 21.6. The molecule has 2 rings (SSSR count). The Labute approximate surface area is 85.5 Å². The first-order valence-corrected chi connectivity index (χ1v) is 4.38. The monoisotopic (exact) mass is 204 g/mol. The summed E-state index contributed by atoms with van der Waals surface area (Å²) in [5, 5.41) is 17.7. The van der Waals surface area contributed by atoms with Crippen LogP contribution >= 0.6 is 0 Å². The Hall–Kier alpha value is -2.10. The summed E-state index contributed by atoms with van der Waals surface area (Å²) in [5.41, 5.74) is 1.69. The molecule has 0 aromatic heterocycles. The molecule has 0 saturated carbocycles. The molecule has 0 fully saturated rings. The van der Waals surface area contributed by atoms with Gasteiger partial charge in [-0.05, 0) is 23.3 Å². The van der Waals surface area contributed by atoms with Crippen molar-refractivity contribution in [3.8, 4) is 0 Å². The van der Waals surface area contributed by atoms with Crippen molar-refractivity contribution in [2.75, 3.05) is 0 Å². The highest BCUT2D eigenvalue weighted by atomic mass is 16.4. The van der Waals surface area contributed by atoms with E-state index in [1.54, 1.807) is 12.1 Å². The first kappa shape index (κ1) is 9.45. The highest BCUT2D eigenvalue weighted by molar-refractivity contribution is 5.98. The predicted molar refractivity (Wildman–Crippen MR) is 52.7 cm³/mol. The zero-order valence-electron chi connectivity index (χ0n) is 7.73. The van der Waals surface area contributed by atoms with Gasteiger partial charge in [-0.2, -0.15) is 0 Å². The first-order valence-electron chi connectivity index (χ1n) is 4.38. The van der Waals surface area contributed by atoms with Crippen LogP contribution in [0.25, 0.3) is 6.08 Å². The molecular formula is C11H8O4. The van der Waals surface area contributed by atoms with Gasteiger partial charge < -0.3 is 10.2 Å². The zero-order chi connectivity index (χ0) is 11.0. The maximum absolute atomic E-state index is 10.9. The lowest BCUT2D eigenvalue weighted by molar-refractivity contribution is -0.132. The quantitative estimate of drug-likeness (QED) is 0.763. The third kappa shape index (κ3) is 1.50. The van der Waals surface area contributed by atoms with Crippen LogP contribution in [0.3, 0.4) is 0 Å². The maximum Gasteiger partial charge on any atom is 0.335 e. The summed E-state index contributed by atoms with van der Waals surface area (Å²) >= 11 is 0. The second kappa shape index (κ2) is 3.24. The molecule has 4 heteroatoms. The number of aromatic carboxylic acids is 1. The number of benzene rings is 1. The van der Waals surface area contributed by atoms with Crippen molar-refractivity contribution in [2.24, 2.45) is 0 Å². The number of fused-ring (bicyclic) bond motifs is 1. The average molecular weight is 204 g/mol. The summed E-state index contributed by atoms with van der Waals surface area (Å²) in [5.74, 6) is -2.02. The molecule has 0 saturated heterocycles. The van der Waals surface area contributed by atoms with Gasteiger partial charge in [-0.1, -0.05) is 12.1 Å². The fourth-order valence-corrected chi connectivity index (χ4v) is 1.70. The van der Waals surface area contributed by atoms with Gasteiger partial charge in [0, 0.05) is 12.0 Å². The molecule has 1 aliphatic rings. The molecule has 1 aliphatic carbocycles. The molecule has 1 aromatic carbocycles. The minimum Gasteiger partial charge on any atom is -0.478 e. The maximum atomic E-state index is 10.9. The first-order chi connectivity index (χ1) is 7.09. The average Bonchev–Trinajstić information content (AvgIpc) is 2.60. The molecule has 0 unspecified atom stereocenters. The Bertz CT molecular complexity index is 485. The smallest absolute Gasteiger partial charge is 0.335 e. The van der Waals surface area contributed by atoms with Crippen LogP contribution in [0.4, 0.5) is 0 Å². The van der Waals surface area contributed by atoms with E-state index in [-0.39, 0.29) is 17.6 Å². The Kier molecular flexibility index (Phi) is 2.04. The van der Waals surface area contributed by atoms with Crippen molar-refractivity contribution >= 4 is 18.0 Å². The van der Waals surface area contributed by atoms with Gasteiger partial charge in [-0.25, -0.2) is 9.59 Å². The van der Waals surface area contributed by atoms with Gasteiger partial charge in [-0.3, -0.25) is 0 Å². The lowest BCUT2D eigenvalue weighted by Gasteiger charge is -2.02. The normalized spacial score (nSPS) is 13.2. The number of hydrogen-bond acceptors (Lipinski definition) is 2. The highest BCUT2D eigenvalue weighted by Crippen LogP contribution is 2.27. The number of hydrogen-bond donors (Lipinski definition) is 2. The third-order valence-electron chi connectivity index (χ3n) is 2.41. The standard InChI is InChI=1S/C11H8O4/c12-10(13)7-4-6-2-1-3-8(11(14)15)9(6)5-7/h1-4H,5H2,(H,12,13)(H,14,15). The van der Waals surface area contributed by atoms with Crippen molar-refractivity contribution in [1.82, 2.24) is 0 Å².